The number of hydrogen-bond donors (Lipinski definition) is 3. The Kier molecular flexibility index (Phi) is 4.96. The molecule has 1 aliphatic heterocycles. The quantitative estimate of drug-likeness (QED) is 0.731. The van der Waals surface area contributed by atoms with Gasteiger partial charge in [-0.05, 0) is 37.1 Å². The second-order valence-corrected chi connectivity index (χ2v) is 6.03. The molecule has 1 saturated heterocycles. The summed E-state index contributed by atoms with van der Waals surface area (Å²) in [4.78, 5) is 24.4. The number of carbonyl (C=O) groups is 2. The van der Waals surface area contributed by atoms with Crippen LogP contribution < -0.4 is 16.0 Å². The van der Waals surface area contributed by atoms with Gasteiger partial charge in [-0.15, -0.1) is 0 Å². The van der Waals surface area contributed by atoms with Crippen molar-refractivity contribution in [2.24, 2.45) is 11.7 Å². The van der Waals surface area contributed by atoms with Crippen molar-refractivity contribution in [2.75, 3.05) is 25.0 Å². The summed E-state index contributed by atoms with van der Waals surface area (Å²) in [6, 6.07) is 6.02. The first-order valence-corrected chi connectivity index (χ1v) is 7.45. The highest BCUT2D eigenvalue weighted by molar-refractivity contribution is 5.91. The van der Waals surface area contributed by atoms with Crippen LogP contribution in [-0.2, 0) is 9.59 Å². The molecule has 114 valence electrons. The predicted octanol–water partition coefficient (Wildman–Crippen LogP) is 0.0221. The molecular formula is C16H24N3O2+. The molecule has 5 heteroatoms. The summed E-state index contributed by atoms with van der Waals surface area (Å²) < 4.78 is 0. The highest BCUT2D eigenvalue weighted by atomic mass is 16.2. The number of benzene rings is 1. The van der Waals surface area contributed by atoms with Gasteiger partial charge in [0, 0.05) is 24.4 Å². The smallest absolute Gasteiger partial charge is 0.279 e. The van der Waals surface area contributed by atoms with Crippen molar-refractivity contribution in [3.8, 4) is 0 Å². The molecule has 1 heterocycles. The number of nitrogens with one attached hydrogen (secondary N) is 2. The number of piperidine rings is 1. The average Bonchev–Trinajstić information content (AvgIpc) is 2.37. The second kappa shape index (κ2) is 6.72. The third kappa shape index (κ3) is 4.56. The Morgan fingerprint density at radius 3 is 2.29 bits per heavy atom. The van der Waals surface area contributed by atoms with E-state index < -0.39 is 0 Å². The van der Waals surface area contributed by atoms with Crippen LogP contribution in [0.2, 0.25) is 0 Å². The Labute approximate surface area is 125 Å². The lowest BCUT2D eigenvalue weighted by Gasteiger charge is -2.27. The van der Waals surface area contributed by atoms with Gasteiger partial charge in [0.05, 0.1) is 13.1 Å². The molecule has 4 N–H and O–H groups in total. The van der Waals surface area contributed by atoms with Crippen LogP contribution in [0.15, 0.2) is 18.2 Å². The molecule has 5 nitrogen and oxygen atoms in total. The fourth-order valence-electron chi connectivity index (χ4n) is 2.97. The van der Waals surface area contributed by atoms with Crippen LogP contribution in [-0.4, -0.2) is 31.4 Å². The van der Waals surface area contributed by atoms with E-state index in [-0.39, 0.29) is 17.7 Å². The van der Waals surface area contributed by atoms with Crippen LogP contribution >= 0.6 is 0 Å². The normalized spacial score (nSPS) is 21.8. The summed E-state index contributed by atoms with van der Waals surface area (Å²) in [7, 11) is 0. The van der Waals surface area contributed by atoms with Crippen molar-refractivity contribution in [3.63, 3.8) is 0 Å². The molecule has 21 heavy (non-hydrogen) atoms. The van der Waals surface area contributed by atoms with Crippen molar-refractivity contribution < 1.29 is 14.5 Å². The highest BCUT2D eigenvalue weighted by Crippen LogP contribution is 2.13. The summed E-state index contributed by atoms with van der Waals surface area (Å²) in [5.74, 6) is -0.211. The molecular weight excluding hydrogens is 266 g/mol. The van der Waals surface area contributed by atoms with Crippen molar-refractivity contribution >= 4 is 17.5 Å². The van der Waals surface area contributed by atoms with Gasteiger partial charge in [-0.3, -0.25) is 9.59 Å². The lowest BCUT2D eigenvalue weighted by atomic mass is 9.96. The van der Waals surface area contributed by atoms with E-state index in [9.17, 15) is 9.59 Å². The maximum Gasteiger partial charge on any atom is 0.279 e. The Balaban J connectivity index is 1.84. The van der Waals surface area contributed by atoms with Crippen molar-refractivity contribution in [1.29, 1.82) is 0 Å². The molecule has 0 atom stereocenters. The molecule has 0 aliphatic carbocycles. The lowest BCUT2D eigenvalue weighted by molar-refractivity contribution is -0.897. The Morgan fingerprint density at radius 2 is 1.76 bits per heavy atom. The van der Waals surface area contributed by atoms with Crippen LogP contribution in [0.1, 0.15) is 24.0 Å². The van der Waals surface area contributed by atoms with Gasteiger partial charge in [-0.2, -0.15) is 0 Å². The van der Waals surface area contributed by atoms with Crippen molar-refractivity contribution in [3.05, 3.63) is 29.3 Å². The van der Waals surface area contributed by atoms with Crippen LogP contribution in [0.25, 0.3) is 0 Å². The molecule has 1 aromatic rings. The average molecular weight is 290 g/mol. The largest absolute Gasteiger partial charge is 0.369 e. The molecule has 1 aromatic carbocycles. The maximum absolute atomic E-state index is 12.1. The van der Waals surface area contributed by atoms with Crippen molar-refractivity contribution in [2.45, 2.75) is 26.7 Å². The fraction of sp³-hybridized carbons (Fsp3) is 0.500. The molecule has 0 saturated carbocycles. The molecule has 0 spiro atoms. The molecule has 0 aromatic heterocycles. The minimum Gasteiger partial charge on any atom is -0.369 e. The van der Waals surface area contributed by atoms with E-state index >= 15 is 0 Å². The van der Waals surface area contributed by atoms with Crippen LogP contribution in [0.5, 0.6) is 0 Å². The minimum atomic E-state index is -0.214. The van der Waals surface area contributed by atoms with Gasteiger partial charge < -0.3 is 16.0 Å². The van der Waals surface area contributed by atoms with E-state index in [1.165, 1.54) is 4.90 Å². The fourth-order valence-corrected chi connectivity index (χ4v) is 2.97. The van der Waals surface area contributed by atoms with Gasteiger partial charge in [0.1, 0.15) is 0 Å². The van der Waals surface area contributed by atoms with E-state index in [1.54, 1.807) is 0 Å². The third-order valence-corrected chi connectivity index (χ3v) is 4.01. The third-order valence-electron chi connectivity index (χ3n) is 4.01. The van der Waals surface area contributed by atoms with Gasteiger partial charge in [-0.1, -0.05) is 6.07 Å². The number of quaternary nitrogens is 1. The molecule has 0 bridgehead atoms. The Hall–Kier alpha value is -1.88. The standard InChI is InChI=1S/C16H23N3O2/c1-11-7-12(2)9-14(8-11)18-15(20)10-19-5-3-13(4-6-19)16(17)21/h7-9,13H,3-6,10H2,1-2H3,(H2,17,21)(H,18,20)/p+1. The summed E-state index contributed by atoms with van der Waals surface area (Å²) >= 11 is 0. The second-order valence-electron chi connectivity index (χ2n) is 6.03. The number of amides is 2. The first-order valence-electron chi connectivity index (χ1n) is 7.45. The van der Waals surface area contributed by atoms with Crippen molar-refractivity contribution in [1.82, 2.24) is 0 Å². The number of nitrogens with two attached hydrogens (primary N) is 1. The number of rotatable bonds is 4. The van der Waals surface area contributed by atoms with E-state index in [0.717, 1.165) is 42.7 Å². The zero-order valence-electron chi connectivity index (χ0n) is 12.7. The number of hydrogen-bond acceptors (Lipinski definition) is 2. The highest BCUT2D eigenvalue weighted by Gasteiger charge is 2.26. The molecule has 2 rings (SSSR count). The maximum atomic E-state index is 12.1. The predicted molar refractivity (Wildman–Crippen MR) is 82.0 cm³/mol. The topological polar surface area (TPSA) is 76.6 Å². The summed E-state index contributed by atoms with van der Waals surface area (Å²) in [5, 5.41) is 2.95. The Bertz CT molecular complexity index is 514. The van der Waals surface area contributed by atoms with E-state index in [1.807, 2.05) is 26.0 Å². The summed E-state index contributed by atoms with van der Waals surface area (Å²) in [6.07, 6.45) is 1.56. The zero-order valence-corrected chi connectivity index (χ0v) is 12.7. The first kappa shape index (κ1) is 15.5. The number of aryl methyl sites for hydroxylation is 2. The Morgan fingerprint density at radius 1 is 1.19 bits per heavy atom. The van der Waals surface area contributed by atoms with Gasteiger partial charge in [0.25, 0.3) is 5.91 Å². The molecule has 2 amide bonds. The SMILES string of the molecule is Cc1cc(C)cc(NC(=O)C[NH+]2CCC(C(N)=O)CC2)c1. The van der Waals surface area contributed by atoms with Gasteiger partial charge in [-0.25, -0.2) is 0 Å². The zero-order chi connectivity index (χ0) is 15.4. The lowest BCUT2D eigenvalue weighted by Crippen LogP contribution is -3.14. The number of likely N-dealkylation sites (tertiary alicyclic amines) is 1. The number of anilines is 1. The van der Waals surface area contributed by atoms with E-state index in [2.05, 4.69) is 11.4 Å². The summed E-state index contributed by atoms with van der Waals surface area (Å²) in [5.41, 5.74) is 8.45. The monoisotopic (exact) mass is 290 g/mol. The molecule has 0 unspecified atom stereocenters. The van der Waals surface area contributed by atoms with Gasteiger partial charge in [0.15, 0.2) is 6.54 Å². The van der Waals surface area contributed by atoms with E-state index in [4.69, 9.17) is 5.73 Å². The van der Waals surface area contributed by atoms with Crippen LogP contribution in [0.3, 0.4) is 0 Å². The molecule has 0 radical (unpaired) electrons. The number of carbonyl (C=O) groups excluding carboxylic acids is 2. The molecule has 1 aliphatic rings. The first-order chi connectivity index (χ1) is 9.94. The van der Waals surface area contributed by atoms with Crippen LogP contribution in [0.4, 0.5) is 5.69 Å². The van der Waals surface area contributed by atoms with Crippen LogP contribution in [0, 0.1) is 19.8 Å². The summed E-state index contributed by atoms with van der Waals surface area (Å²) in [6.45, 7) is 6.13. The van der Waals surface area contributed by atoms with E-state index in [0.29, 0.717) is 6.54 Å². The minimum absolute atomic E-state index is 0.0174. The number of primary amides is 1. The molecule has 1 fully saturated rings. The van der Waals surface area contributed by atoms with Gasteiger partial charge in [0.2, 0.25) is 5.91 Å². The van der Waals surface area contributed by atoms with Gasteiger partial charge >= 0.3 is 0 Å².